The van der Waals surface area contributed by atoms with Gasteiger partial charge in [0, 0.05) is 30.1 Å². The highest BCUT2D eigenvalue weighted by Crippen LogP contribution is 2.35. The standard InChI is InChI=1S/C14H17N5OS3/c1-8(20)19(11-4-5-11)13-16-10(6-21-13)7-22-14-18-17-12(23-14)15-9-2-3-9/h6,9,11H,2-5,7H2,1H3,(H,15,17). The van der Waals surface area contributed by atoms with E-state index in [0.717, 1.165) is 38.9 Å². The number of amides is 1. The monoisotopic (exact) mass is 367 g/mol. The Balaban J connectivity index is 1.35. The van der Waals surface area contributed by atoms with Gasteiger partial charge in [-0.3, -0.25) is 9.69 Å². The molecule has 4 rings (SSSR count). The molecule has 2 aliphatic carbocycles. The average molecular weight is 368 g/mol. The Bertz CT molecular complexity index is 707. The van der Waals surface area contributed by atoms with Gasteiger partial charge in [0.2, 0.25) is 11.0 Å². The van der Waals surface area contributed by atoms with Crippen LogP contribution in [0.4, 0.5) is 10.3 Å². The van der Waals surface area contributed by atoms with Crippen LogP contribution in [0, 0.1) is 0 Å². The lowest BCUT2D eigenvalue weighted by Crippen LogP contribution is -2.30. The highest BCUT2D eigenvalue weighted by Gasteiger charge is 2.33. The summed E-state index contributed by atoms with van der Waals surface area (Å²) < 4.78 is 0.952. The van der Waals surface area contributed by atoms with Gasteiger partial charge in [0.25, 0.3) is 0 Å². The summed E-state index contributed by atoms with van der Waals surface area (Å²) in [5.41, 5.74) is 0.994. The van der Waals surface area contributed by atoms with Crippen molar-refractivity contribution in [1.82, 2.24) is 15.2 Å². The van der Waals surface area contributed by atoms with E-state index in [1.807, 2.05) is 10.3 Å². The van der Waals surface area contributed by atoms with E-state index in [1.54, 1.807) is 41.4 Å². The number of aromatic nitrogens is 3. The van der Waals surface area contributed by atoms with E-state index in [1.165, 1.54) is 12.8 Å². The van der Waals surface area contributed by atoms with Gasteiger partial charge in [0.05, 0.1) is 5.69 Å². The van der Waals surface area contributed by atoms with E-state index in [9.17, 15) is 4.79 Å². The summed E-state index contributed by atoms with van der Waals surface area (Å²) >= 11 is 4.79. The predicted octanol–water partition coefficient (Wildman–Crippen LogP) is 3.38. The summed E-state index contributed by atoms with van der Waals surface area (Å²) in [4.78, 5) is 18.2. The average Bonchev–Trinajstić information content (AvgIpc) is 3.41. The topological polar surface area (TPSA) is 71.0 Å². The van der Waals surface area contributed by atoms with E-state index in [4.69, 9.17) is 0 Å². The zero-order chi connectivity index (χ0) is 15.8. The molecule has 2 aromatic heterocycles. The molecule has 2 fully saturated rings. The van der Waals surface area contributed by atoms with Gasteiger partial charge in [-0.2, -0.15) is 0 Å². The minimum Gasteiger partial charge on any atom is -0.357 e. The van der Waals surface area contributed by atoms with Crippen LogP contribution in [-0.4, -0.2) is 33.2 Å². The predicted molar refractivity (Wildman–Crippen MR) is 94.4 cm³/mol. The lowest BCUT2D eigenvalue weighted by atomic mass is 10.5. The molecule has 2 aromatic rings. The minimum absolute atomic E-state index is 0.0842. The van der Waals surface area contributed by atoms with Crippen molar-refractivity contribution < 1.29 is 4.79 Å². The Morgan fingerprint density at radius 3 is 2.91 bits per heavy atom. The summed E-state index contributed by atoms with van der Waals surface area (Å²) in [6.07, 6.45) is 4.64. The molecule has 0 saturated heterocycles. The molecule has 122 valence electrons. The van der Waals surface area contributed by atoms with Crippen molar-refractivity contribution >= 4 is 50.6 Å². The first-order valence-electron chi connectivity index (χ1n) is 7.66. The number of hydrogen-bond acceptors (Lipinski definition) is 8. The molecule has 1 N–H and O–H groups in total. The number of thiazole rings is 1. The molecule has 0 unspecified atom stereocenters. The third-order valence-corrected chi connectivity index (χ3v) is 6.56. The number of nitrogens with one attached hydrogen (secondary N) is 1. The molecular weight excluding hydrogens is 350 g/mol. The van der Waals surface area contributed by atoms with Gasteiger partial charge in [-0.05, 0) is 25.7 Å². The first kappa shape index (κ1) is 15.3. The van der Waals surface area contributed by atoms with Crippen LogP contribution < -0.4 is 10.2 Å². The first-order valence-corrected chi connectivity index (χ1v) is 10.3. The summed E-state index contributed by atoms with van der Waals surface area (Å²) in [5.74, 6) is 0.839. The fourth-order valence-corrected chi connectivity index (χ4v) is 4.98. The van der Waals surface area contributed by atoms with Crippen molar-refractivity contribution in [3.05, 3.63) is 11.1 Å². The smallest absolute Gasteiger partial charge is 0.225 e. The van der Waals surface area contributed by atoms with Crippen molar-refractivity contribution in [3.8, 4) is 0 Å². The number of carbonyl (C=O) groups excluding carboxylic acids is 1. The number of nitrogens with zero attached hydrogens (tertiary/aromatic N) is 4. The van der Waals surface area contributed by atoms with Crippen LogP contribution >= 0.6 is 34.4 Å². The molecule has 0 atom stereocenters. The Hall–Kier alpha value is -1.19. The molecule has 2 aliphatic rings. The quantitative estimate of drug-likeness (QED) is 0.757. The van der Waals surface area contributed by atoms with E-state index in [-0.39, 0.29) is 5.91 Å². The van der Waals surface area contributed by atoms with Crippen molar-refractivity contribution in [2.75, 3.05) is 10.2 Å². The van der Waals surface area contributed by atoms with E-state index >= 15 is 0 Å². The molecule has 0 bridgehead atoms. The molecule has 2 saturated carbocycles. The number of thioether (sulfide) groups is 1. The lowest BCUT2D eigenvalue weighted by molar-refractivity contribution is -0.116. The molecule has 0 aromatic carbocycles. The fourth-order valence-electron chi connectivity index (χ4n) is 2.22. The van der Waals surface area contributed by atoms with Crippen LogP contribution in [0.3, 0.4) is 0 Å². The van der Waals surface area contributed by atoms with Gasteiger partial charge < -0.3 is 5.32 Å². The highest BCUT2D eigenvalue weighted by molar-refractivity contribution is 8.00. The van der Waals surface area contributed by atoms with E-state index in [2.05, 4.69) is 20.5 Å². The fraction of sp³-hybridized carbons (Fsp3) is 0.571. The number of hydrogen-bond donors (Lipinski definition) is 1. The number of anilines is 2. The zero-order valence-electron chi connectivity index (χ0n) is 12.7. The highest BCUT2D eigenvalue weighted by atomic mass is 32.2. The molecule has 6 nitrogen and oxygen atoms in total. The zero-order valence-corrected chi connectivity index (χ0v) is 15.1. The van der Waals surface area contributed by atoms with Crippen LogP contribution in [0.15, 0.2) is 9.72 Å². The van der Waals surface area contributed by atoms with Crippen LogP contribution in [0.2, 0.25) is 0 Å². The maximum atomic E-state index is 11.8. The van der Waals surface area contributed by atoms with Crippen LogP contribution in [-0.2, 0) is 10.5 Å². The van der Waals surface area contributed by atoms with Gasteiger partial charge >= 0.3 is 0 Å². The second-order valence-electron chi connectivity index (χ2n) is 5.82. The minimum atomic E-state index is 0.0842. The van der Waals surface area contributed by atoms with Crippen molar-refractivity contribution in [2.45, 2.75) is 54.8 Å². The summed E-state index contributed by atoms with van der Waals surface area (Å²) in [7, 11) is 0. The maximum Gasteiger partial charge on any atom is 0.225 e. The van der Waals surface area contributed by atoms with Crippen molar-refractivity contribution in [3.63, 3.8) is 0 Å². The van der Waals surface area contributed by atoms with Crippen LogP contribution in [0.1, 0.15) is 38.3 Å². The summed E-state index contributed by atoms with van der Waals surface area (Å²) in [5, 5.41) is 15.5. The molecule has 0 radical (unpaired) electrons. The SMILES string of the molecule is CC(=O)N(c1nc(CSc2nnc(NC3CC3)s2)cs1)C1CC1. The largest absolute Gasteiger partial charge is 0.357 e. The summed E-state index contributed by atoms with van der Waals surface area (Å²) in [6.45, 7) is 1.61. The maximum absolute atomic E-state index is 11.8. The summed E-state index contributed by atoms with van der Waals surface area (Å²) in [6, 6.07) is 0.959. The Morgan fingerprint density at radius 1 is 1.39 bits per heavy atom. The molecular formula is C14H17N5OS3. The Labute approximate surface area is 146 Å². The van der Waals surface area contributed by atoms with Crippen LogP contribution in [0.25, 0.3) is 0 Å². The first-order chi connectivity index (χ1) is 11.2. The molecule has 9 heteroatoms. The van der Waals surface area contributed by atoms with Gasteiger partial charge in [-0.1, -0.05) is 23.1 Å². The Morgan fingerprint density at radius 2 is 2.22 bits per heavy atom. The molecule has 2 heterocycles. The Kier molecular flexibility index (Phi) is 4.25. The molecule has 23 heavy (non-hydrogen) atoms. The van der Waals surface area contributed by atoms with Crippen molar-refractivity contribution in [2.24, 2.45) is 0 Å². The molecule has 1 amide bonds. The van der Waals surface area contributed by atoms with Gasteiger partial charge in [-0.15, -0.1) is 21.5 Å². The third kappa shape index (κ3) is 3.84. The second-order valence-corrected chi connectivity index (χ2v) is 8.86. The van der Waals surface area contributed by atoms with E-state index in [0.29, 0.717) is 12.1 Å². The van der Waals surface area contributed by atoms with Gasteiger partial charge in [0.15, 0.2) is 9.47 Å². The van der Waals surface area contributed by atoms with E-state index < -0.39 is 0 Å². The number of rotatable bonds is 7. The third-order valence-electron chi connectivity index (χ3n) is 3.65. The molecule has 0 aliphatic heterocycles. The van der Waals surface area contributed by atoms with Gasteiger partial charge in [-0.25, -0.2) is 4.98 Å². The van der Waals surface area contributed by atoms with Crippen molar-refractivity contribution in [1.29, 1.82) is 0 Å². The van der Waals surface area contributed by atoms with Gasteiger partial charge in [0.1, 0.15) is 0 Å². The number of carbonyl (C=O) groups is 1. The molecule has 0 spiro atoms. The normalized spacial score (nSPS) is 17.3. The van der Waals surface area contributed by atoms with Crippen LogP contribution in [0.5, 0.6) is 0 Å². The lowest BCUT2D eigenvalue weighted by Gasteiger charge is -2.16. The second kappa shape index (κ2) is 6.37.